The van der Waals surface area contributed by atoms with E-state index in [1.54, 1.807) is 6.20 Å². The maximum Gasteiger partial charge on any atom is 0.0837 e. The van der Waals surface area contributed by atoms with Gasteiger partial charge >= 0.3 is 0 Å². The molecule has 1 aromatic carbocycles. The molecule has 0 bridgehead atoms. The van der Waals surface area contributed by atoms with Gasteiger partial charge in [-0.2, -0.15) is 5.10 Å². The summed E-state index contributed by atoms with van der Waals surface area (Å²) in [5.74, 6) is 0. The molecule has 1 atom stereocenters. The number of aromatic nitrogens is 3. The Morgan fingerprint density at radius 3 is 2.76 bits per heavy atom. The molecular weight excluding hydrogens is 262 g/mol. The number of nitrogens with zero attached hydrogens (tertiary/aromatic N) is 3. The highest BCUT2D eigenvalue weighted by Gasteiger charge is 2.17. The zero-order chi connectivity index (χ0) is 15.0. The normalized spacial score (nSPS) is 12.8. The second-order valence-electron chi connectivity index (χ2n) is 5.44. The molecule has 0 aliphatic carbocycles. The summed E-state index contributed by atoms with van der Waals surface area (Å²) in [4.78, 5) is 4.13. The molecule has 0 saturated carbocycles. The molecule has 2 aromatic heterocycles. The van der Waals surface area contributed by atoms with E-state index in [0.29, 0.717) is 6.42 Å². The van der Waals surface area contributed by atoms with E-state index in [-0.39, 0.29) is 0 Å². The fourth-order valence-corrected chi connectivity index (χ4v) is 2.85. The Morgan fingerprint density at radius 2 is 2.05 bits per heavy atom. The maximum absolute atomic E-state index is 10.7. The number of pyridine rings is 1. The lowest BCUT2D eigenvalue weighted by atomic mass is 9.96. The van der Waals surface area contributed by atoms with E-state index in [9.17, 15) is 5.11 Å². The van der Waals surface area contributed by atoms with Crippen molar-refractivity contribution in [3.05, 3.63) is 59.2 Å². The third-order valence-corrected chi connectivity index (χ3v) is 4.13. The first-order valence-corrected chi connectivity index (χ1v) is 7.07. The fourth-order valence-electron chi connectivity index (χ4n) is 2.85. The minimum absolute atomic E-state index is 0.544. The standard InChI is InChI=1S/C17H19N3O/c1-11-16(12(2)20(3)19-11)9-17(21)15-6-4-5-13-10-18-8-7-14(13)15/h4-8,10,17,21H,9H2,1-3H3. The average molecular weight is 281 g/mol. The summed E-state index contributed by atoms with van der Waals surface area (Å²) in [6.45, 7) is 4.02. The van der Waals surface area contributed by atoms with Crippen molar-refractivity contribution in [1.82, 2.24) is 14.8 Å². The molecule has 0 saturated heterocycles. The van der Waals surface area contributed by atoms with Gasteiger partial charge in [-0.25, -0.2) is 0 Å². The molecule has 0 fully saturated rings. The summed E-state index contributed by atoms with van der Waals surface area (Å²) in [6.07, 6.45) is 3.62. The summed E-state index contributed by atoms with van der Waals surface area (Å²) in [7, 11) is 1.93. The Balaban J connectivity index is 1.99. The molecule has 0 radical (unpaired) electrons. The van der Waals surface area contributed by atoms with Crippen LogP contribution in [0.1, 0.15) is 28.6 Å². The molecular formula is C17H19N3O. The molecule has 1 N–H and O–H groups in total. The number of hydrogen-bond acceptors (Lipinski definition) is 3. The lowest BCUT2D eigenvalue weighted by molar-refractivity contribution is 0.179. The summed E-state index contributed by atoms with van der Waals surface area (Å²) >= 11 is 0. The first-order chi connectivity index (χ1) is 10.1. The Hall–Kier alpha value is -2.20. The molecule has 3 rings (SSSR count). The Bertz CT molecular complexity index is 787. The number of benzene rings is 1. The zero-order valence-corrected chi connectivity index (χ0v) is 12.5. The summed E-state index contributed by atoms with van der Waals surface area (Å²) < 4.78 is 1.87. The van der Waals surface area contributed by atoms with Crippen LogP contribution in [-0.4, -0.2) is 19.9 Å². The second kappa shape index (κ2) is 5.30. The topological polar surface area (TPSA) is 50.9 Å². The summed E-state index contributed by atoms with van der Waals surface area (Å²) in [5.41, 5.74) is 4.15. The minimum Gasteiger partial charge on any atom is -0.388 e. The van der Waals surface area contributed by atoms with Crippen molar-refractivity contribution in [1.29, 1.82) is 0 Å². The van der Waals surface area contributed by atoms with Gasteiger partial charge in [-0.3, -0.25) is 9.67 Å². The van der Waals surface area contributed by atoms with Gasteiger partial charge in [-0.05, 0) is 36.4 Å². The number of fused-ring (bicyclic) bond motifs is 1. The highest BCUT2D eigenvalue weighted by molar-refractivity contribution is 5.85. The molecule has 4 heteroatoms. The highest BCUT2D eigenvalue weighted by Crippen LogP contribution is 2.27. The van der Waals surface area contributed by atoms with Gasteiger partial charge in [0, 0.05) is 36.9 Å². The van der Waals surface area contributed by atoms with E-state index >= 15 is 0 Å². The predicted molar refractivity (Wildman–Crippen MR) is 83.1 cm³/mol. The van der Waals surface area contributed by atoms with Gasteiger partial charge in [-0.15, -0.1) is 0 Å². The molecule has 108 valence electrons. The third kappa shape index (κ3) is 2.43. The molecule has 2 heterocycles. The van der Waals surface area contributed by atoms with Crippen molar-refractivity contribution in [2.45, 2.75) is 26.4 Å². The van der Waals surface area contributed by atoms with E-state index < -0.39 is 6.10 Å². The van der Waals surface area contributed by atoms with Gasteiger partial charge < -0.3 is 5.11 Å². The zero-order valence-electron chi connectivity index (χ0n) is 12.5. The Morgan fingerprint density at radius 1 is 1.24 bits per heavy atom. The van der Waals surface area contributed by atoms with Crippen LogP contribution < -0.4 is 0 Å². The molecule has 4 nitrogen and oxygen atoms in total. The van der Waals surface area contributed by atoms with Gasteiger partial charge in [0.25, 0.3) is 0 Å². The quantitative estimate of drug-likeness (QED) is 0.803. The Labute approximate surface area is 124 Å². The van der Waals surface area contributed by atoms with E-state index in [4.69, 9.17) is 0 Å². The molecule has 21 heavy (non-hydrogen) atoms. The minimum atomic E-state index is -0.544. The van der Waals surface area contributed by atoms with Crippen LogP contribution >= 0.6 is 0 Å². The van der Waals surface area contributed by atoms with Crippen LogP contribution in [0.15, 0.2) is 36.7 Å². The van der Waals surface area contributed by atoms with Gasteiger partial charge in [0.05, 0.1) is 11.8 Å². The first kappa shape index (κ1) is 13.8. The summed E-state index contributed by atoms with van der Waals surface area (Å²) in [6, 6.07) is 7.91. The van der Waals surface area contributed by atoms with Crippen molar-refractivity contribution in [3.63, 3.8) is 0 Å². The van der Waals surface area contributed by atoms with Gasteiger partial charge in [0.2, 0.25) is 0 Å². The van der Waals surface area contributed by atoms with Crippen LogP contribution in [0.3, 0.4) is 0 Å². The summed E-state index contributed by atoms with van der Waals surface area (Å²) in [5, 5.41) is 17.2. The average Bonchev–Trinajstić information content (AvgIpc) is 2.73. The molecule has 0 aliphatic rings. The van der Waals surface area contributed by atoms with Gasteiger partial charge in [-0.1, -0.05) is 18.2 Å². The van der Waals surface area contributed by atoms with Crippen LogP contribution in [0.25, 0.3) is 10.8 Å². The number of aliphatic hydroxyl groups is 1. The number of hydrogen-bond donors (Lipinski definition) is 1. The van der Waals surface area contributed by atoms with Crippen LogP contribution in [0.2, 0.25) is 0 Å². The molecule has 3 aromatic rings. The van der Waals surface area contributed by atoms with Crippen LogP contribution in [0.5, 0.6) is 0 Å². The first-order valence-electron chi connectivity index (χ1n) is 7.07. The fraction of sp³-hybridized carbons (Fsp3) is 0.294. The van der Waals surface area contributed by atoms with E-state index in [2.05, 4.69) is 10.1 Å². The van der Waals surface area contributed by atoms with Gasteiger partial charge in [0.15, 0.2) is 0 Å². The van der Waals surface area contributed by atoms with Gasteiger partial charge in [0.1, 0.15) is 0 Å². The largest absolute Gasteiger partial charge is 0.388 e. The van der Waals surface area contributed by atoms with Crippen molar-refractivity contribution < 1.29 is 5.11 Å². The number of aliphatic hydroxyl groups excluding tert-OH is 1. The molecule has 0 aliphatic heterocycles. The predicted octanol–water partition coefficient (Wildman–Crippen LogP) is 2.86. The van der Waals surface area contributed by atoms with Crippen LogP contribution in [0.4, 0.5) is 0 Å². The van der Waals surface area contributed by atoms with E-state index in [0.717, 1.165) is 33.3 Å². The van der Waals surface area contributed by atoms with E-state index in [1.807, 2.05) is 56.0 Å². The van der Waals surface area contributed by atoms with Crippen molar-refractivity contribution in [2.75, 3.05) is 0 Å². The number of rotatable bonds is 3. The number of aryl methyl sites for hydroxylation is 2. The van der Waals surface area contributed by atoms with Crippen molar-refractivity contribution >= 4 is 10.8 Å². The van der Waals surface area contributed by atoms with Crippen LogP contribution in [-0.2, 0) is 13.5 Å². The Kier molecular flexibility index (Phi) is 3.47. The van der Waals surface area contributed by atoms with Crippen molar-refractivity contribution in [3.8, 4) is 0 Å². The van der Waals surface area contributed by atoms with E-state index in [1.165, 1.54) is 0 Å². The van der Waals surface area contributed by atoms with Crippen molar-refractivity contribution in [2.24, 2.45) is 7.05 Å². The lowest BCUT2D eigenvalue weighted by Crippen LogP contribution is -2.04. The molecule has 0 spiro atoms. The monoisotopic (exact) mass is 281 g/mol. The third-order valence-electron chi connectivity index (χ3n) is 4.13. The highest BCUT2D eigenvalue weighted by atomic mass is 16.3. The smallest absolute Gasteiger partial charge is 0.0837 e. The molecule has 1 unspecified atom stereocenters. The maximum atomic E-state index is 10.7. The lowest BCUT2D eigenvalue weighted by Gasteiger charge is -2.14. The second-order valence-corrected chi connectivity index (χ2v) is 5.44. The van der Waals surface area contributed by atoms with Crippen LogP contribution in [0, 0.1) is 13.8 Å². The molecule has 0 amide bonds. The SMILES string of the molecule is Cc1nn(C)c(C)c1CC(O)c1cccc2cnccc12.